The maximum Gasteiger partial charge on any atom is 0.338 e. The van der Waals surface area contributed by atoms with Crippen LogP contribution in [0.5, 0.6) is 17.2 Å². The largest absolute Gasteiger partial charge is 0.497 e. The van der Waals surface area contributed by atoms with Gasteiger partial charge in [0.25, 0.3) is 0 Å². The third-order valence-electron chi connectivity index (χ3n) is 10.5. The summed E-state index contributed by atoms with van der Waals surface area (Å²) in [6, 6.07) is 23.8. The lowest BCUT2D eigenvalue weighted by Crippen LogP contribution is -2.63. The minimum absolute atomic E-state index is 0.0300. The van der Waals surface area contributed by atoms with Crippen LogP contribution < -0.4 is 14.2 Å². The van der Waals surface area contributed by atoms with Crippen molar-refractivity contribution in [3.63, 3.8) is 0 Å². The van der Waals surface area contributed by atoms with Crippen molar-refractivity contribution in [1.82, 2.24) is 0 Å². The molecule has 0 amide bonds. The standard InChI is InChI=1S/C42H56O14Si/c1-8-57(9-2,10-3)56-35-26-51-41(45)38(53-27(4)43)37(35)55-42-39(54-40(44)30-15-21-33(48-7)22-16-30)36(50-24-29-13-19-32(47-6)20-14-29)34(25-52-42)49-23-28-11-17-31(46-5)18-12-28/h11-22,34-39,41-42,45H,8-10,23-26H2,1-7H3/t34-,35-,36+,37-,38+,39-,41+,42+/m1/s1. The Labute approximate surface area is 335 Å². The fraction of sp³-hybridized carbons (Fsp3) is 0.524. The smallest absolute Gasteiger partial charge is 0.338 e. The Kier molecular flexibility index (Phi) is 16.3. The molecule has 2 saturated heterocycles. The van der Waals surface area contributed by atoms with Crippen LogP contribution in [0.3, 0.4) is 0 Å². The van der Waals surface area contributed by atoms with Gasteiger partial charge in [-0.3, -0.25) is 4.79 Å². The Balaban J connectivity index is 1.52. The molecule has 2 fully saturated rings. The number of esters is 2. The van der Waals surface area contributed by atoms with E-state index in [0.717, 1.165) is 29.3 Å². The summed E-state index contributed by atoms with van der Waals surface area (Å²) in [6.45, 7) is 7.73. The molecule has 312 valence electrons. The molecule has 0 aromatic heterocycles. The van der Waals surface area contributed by atoms with E-state index in [1.807, 2.05) is 48.5 Å². The van der Waals surface area contributed by atoms with E-state index in [4.69, 9.17) is 51.8 Å². The SMILES string of the molecule is CC[Si](CC)(CC)O[C@@H]1CO[C@H](O)[C@@H](OC(C)=O)[C@@H]1O[C@@H]1OC[C@@H](OCc2ccc(OC)cc2)[C@H](OCc2ccc(OC)cc2)[C@H]1OC(=O)c1ccc(OC)cc1. The zero-order valence-corrected chi connectivity index (χ0v) is 34.8. The van der Waals surface area contributed by atoms with Crippen molar-refractivity contribution >= 4 is 20.3 Å². The lowest BCUT2D eigenvalue weighted by atomic mass is 10.0. The lowest BCUT2D eigenvalue weighted by molar-refractivity contribution is -0.334. The molecule has 0 aliphatic carbocycles. The van der Waals surface area contributed by atoms with Gasteiger partial charge in [-0.2, -0.15) is 0 Å². The summed E-state index contributed by atoms with van der Waals surface area (Å²) >= 11 is 0. The number of ether oxygens (including phenoxy) is 10. The van der Waals surface area contributed by atoms with Gasteiger partial charge >= 0.3 is 11.9 Å². The predicted molar refractivity (Wildman–Crippen MR) is 210 cm³/mol. The Morgan fingerprint density at radius 3 is 1.67 bits per heavy atom. The van der Waals surface area contributed by atoms with Crippen molar-refractivity contribution < 1.29 is 66.5 Å². The second-order valence-corrected chi connectivity index (χ2v) is 18.6. The first-order valence-corrected chi connectivity index (χ1v) is 21.8. The van der Waals surface area contributed by atoms with Crippen LogP contribution >= 0.6 is 0 Å². The van der Waals surface area contributed by atoms with Crippen LogP contribution in [0.2, 0.25) is 18.1 Å². The van der Waals surface area contributed by atoms with Crippen LogP contribution in [0.4, 0.5) is 0 Å². The van der Waals surface area contributed by atoms with Crippen LogP contribution in [0.15, 0.2) is 72.8 Å². The van der Waals surface area contributed by atoms with Crippen molar-refractivity contribution in [1.29, 1.82) is 0 Å². The van der Waals surface area contributed by atoms with Crippen molar-refractivity contribution in [3.05, 3.63) is 89.5 Å². The highest BCUT2D eigenvalue weighted by atomic mass is 28.4. The molecule has 57 heavy (non-hydrogen) atoms. The van der Waals surface area contributed by atoms with Crippen molar-refractivity contribution in [3.8, 4) is 17.2 Å². The van der Waals surface area contributed by atoms with E-state index in [-0.39, 0.29) is 32.0 Å². The van der Waals surface area contributed by atoms with E-state index in [9.17, 15) is 14.7 Å². The molecule has 2 heterocycles. The molecule has 8 atom stereocenters. The van der Waals surface area contributed by atoms with E-state index < -0.39 is 69.5 Å². The van der Waals surface area contributed by atoms with Crippen molar-refractivity contribution in [2.75, 3.05) is 34.5 Å². The van der Waals surface area contributed by atoms with E-state index in [0.29, 0.717) is 17.2 Å². The monoisotopic (exact) mass is 812 g/mol. The third-order valence-corrected chi connectivity index (χ3v) is 15.2. The maximum atomic E-state index is 14.0. The first-order valence-electron chi connectivity index (χ1n) is 19.3. The van der Waals surface area contributed by atoms with Gasteiger partial charge in [0, 0.05) is 6.92 Å². The zero-order chi connectivity index (χ0) is 41.0. The summed E-state index contributed by atoms with van der Waals surface area (Å²) in [4.78, 5) is 26.4. The lowest BCUT2D eigenvalue weighted by Gasteiger charge is -2.47. The number of aliphatic hydroxyl groups is 1. The van der Waals surface area contributed by atoms with E-state index in [1.165, 1.54) is 14.0 Å². The minimum atomic E-state index is -2.31. The van der Waals surface area contributed by atoms with Gasteiger partial charge in [0.05, 0.1) is 59.4 Å². The molecule has 14 nitrogen and oxygen atoms in total. The van der Waals surface area contributed by atoms with Crippen LogP contribution in [0, 0.1) is 0 Å². The molecular formula is C42H56O14Si. The second-order valence-electron chi connectivity index (χ2n) is 13.9. The average molecular weight is 813 g/mol. The van der Waals surface area contributed by atoms with Crippen LogP contribution in [0.1, 0.15) is 49.2 Å². The van der Waals surface area contributed by atoms with Gasteiger partial charge in [0.1, 0.15) is 35.6 Å². The summed E-state index contributed by atoms with van der Waals surface area (Å²) in [6.07, 6.45) is -8.89. The molecule has 3 aromatic rings. The van der Waals surface area contributed by atoms with Crippen LogP contribution in [-0.4, -0.2) is 109 Å². The first-order chi connectivity index (χ1) is 27.5. The van der Waals surface area contributed by atoms with Crippen molar-refractivity contribution in [2.24, 2.45) is 0 Å². The van der Waals surface area contributed by atoms with Gasteiger partial charge < -0.3 is 56.9 Å². The molecule has 2 aliphatic rings. The van der Waals surface area contributed by atoms with Crippen LogP contribution in [-0.2, 0) is 55.6 Å². The number of benzene rings is 3. The topological polar surface area (TPSA) is 156 Å². The van der Waals surface area contributed by atoms with E-state index in [2.05, 4.69) is 20.8 Å². The van der Waals surface area contributed by atoms with E-state index in [1.54, 1.807) is 38.5 Å². The quantitative estimate of drug-likeness (QED) is 0.114. The Hall–Kier alpha value is -4.06. The maximum absolute atomic E-state index is 14.0. The number of methoxy groups -OCH3 is 3. The highest BCUT2D eigenvalue weighted by molar-refractivity contribution is 6.73. The number of carbonyl (C=O) groups is 2. The molecule has 0 spiro atoms. The summed E-state index contributed by atoms with van der Waals surface area (Å²) in [7, 11) is 2.41. The Morgan fingerprint density at radius 2 is 1.16 bits per heavy atom. The molecule has 0 saturated carbocycles. The van der Waals surface area contributed by atoms with Crippen LogP contribution in [0.25, 0.3) is 0 Å². The first kappa shape index (κ1) is 44.0. The normalized spacial score (nSPS) is 25.0. The summed E-state index contributed by atoms with van der Waals surface area (Å²) < 4.78 is 66.7. The third kappa shape index (κ3) is 11.5. The molecule has 1 N–H and O–H groups in total. The zero-order valence-electron chi connectivity index (χ0n) is 33.8. The van der Waals surface area contributed by atoms with Crippen molar-refractivity contribution in [2.45, 2.75) is 108 Å². The molecule has 0 bridgehead atoms. The van der Waals surface area contributed by atoms with E-state index >= 15 is 0 Å². The average Bonchev–Trinajstić information content (AvgIpc) is 3.24. The number of rotatable bonds is 19. The Bertz CT molecular complexity index is 1680. The molecular weight excluding hydrogens is 757 g/mol. The van der Waals surface area contributed by atoms with Gasteiger partial charge in [0.15, 0.2) is 33.1 Å². The number of carbonyl (C=O) groups excluding carboxylic acids is 2. The molecule has 2 aliphatic heterocycles. The minimum Gasteiger partial charge on any atom is -0.497 e. The fourth-order valence-electron chi connectivity index (χ4n) is 6.90. The fourth-order valence-corrected chi connectivity index (χ4v) is 9.75. The van der Waals surface area contributed by atoms with Gasteiger partial charge in [-0.25, -0.2) is 4.79 Å². The molecule has 5 rings (SSSR count). The second kappa shape index (κ2) is 21.1. The van der Waals surface area contributed by atoms with Gasteiger partial charge in [-0.15, -0.1) is 0 Å². The van der Waals surface area contributed by atoms with Gasteiger partial charge in [0.2, 0.25) is 0 Å². The van der Waals surface area contributed by atoms with Gasteiger partial charge in [-0.1, -0.05) is 45.0 Å². The number of hydrogen-bond acceptors (Lipinski definition) is 14. The summed E-state index contributed by atoms with van der Waals surface area (Å²) in [5.74, 6) is 0.619. The number of hydrogen-bond donors (Lipinski definition) is 1. The highest BCUT2D eigenvalue weighted by Crippen LogP contribution is 2.34. The summed E-state index contributed by atoms with van der Waals surface area (Å²) in [5, 5.41) is 11.0. The predicted octanol–water partition coefficient (Wildman–Crippen LogP) is 5.82. The summed E-state index contributed by atoms with van der Waals surface area (Å²) in [5.41, 5.74) is 1.94. The molecule has 0 radical (unpaired) electrons. The molecule has 0 unspecified atom stereocenters. The molecule has 15 heteroatoms. The molecule has 3 aromatic carbocycles. The Morgan fingerprint density at radius 1 is 0.649 bits per heavy atom. The van der Waals surface area contributed by atoms with Gasteiger partial charge in [-0.05, 0) is 77.8 Å². The highest BCUT2D eigenvalue weighted by Gasteiger charge is 2.52. The number of aliphatic hydroxyl groups excluding tert-OH is 1.